The smallest absolute Gasteiger partial charge is 0.166 e. The fourth-order valence-corrected chi connectivity index (χ4v) is 2.38. The minimum absolute atomic E-state index is 0.602. The SMILES string of the molecule is COc1ccccc1Cc1ncc2cccc(C=O)n12. The molecule has 0 spiro atoms. The summed E-state index contributed by atoms with van der Waals surface area (Å²) in [7, 11) is 1.65. The minimum Gasteiger partial charge on any atom is -0.496 e. The molecule has 0 N–H and O–H groups in total. The summed E-state index contributed by atoms with van der Waals surface area (Å²) in [6, 6.07) is 13.4. The van der Waals surface area contributed by atoms with Gasteiger partial charge in [-0.3, -0.25) is 9.20 Å². The highest BCUT2D eigenvalue weighted by Gasteiger charge is 2.10. The lowest BCUT2D eigenvalue weighted by Gasteiger charge is -2.08. The monoisotopic (exact) mass is 266 g/mol. The van der Waals surface area contributed by atoms with Crippen molar-refractivity contribution < 1.29 is 9.53 Å². The highest BCUT2D eigenvalue weighted by Crippen LogP contribution is 2.21. The summed E-state index contributed by atoms with van der Waals surface area (Å²) >= 11 is 0. The number of aromatic nitrogens is 2. The lowest BCUT2D eigenvalue weighted by molar-refractivity contribution is 0.111. The number of benzene rings is 1. The van der Waals surface area contributed by atoms with Crippen LogP contribution in [0.15, 0.2) is 48.7 Å². The lowest BCUT2D eigenvalue weighted by atomic mass is 10.1. The second kappa shape index (κ2) is 5.17. The lowest BCUT2D eigenvalue weighted by Crippen LogP contribution is -2.02. The van der Waals surface area contributed by atoms with E-state index in [1.54, 1.807) is 19.4 Å². The Labute approximate surface area is 116 Å². The number of carbonyl (C=O) groups is 1. The van der Waals surface area contributed by atoms with Crippen LogP contribution in [0.25, 0.3) is 5.52 Å². The van der Waals surface area contributed by atoms with E-state index in [0.29, 0.717) is 12.1 Å². The van der Waals surface area contributed by atoms with Gasteiger partial charge in [0.2, 0.25) is 0 Å². The number of methoxy groups -OCH3 is 1. The zero-order valence-electron chi connectivity index (χ0n) is 11.1. The Morgan fingerprint density at radius 1 is 1.20 bits per heavy atom. The van der Waals surface area contributed by atoms with E-state index in [2.05, 4.69) is 4.98 Å². The fraction of sp³-hybridized carbons (Fsp3) is 0.125. The predicted octanol–water partition coefficient (Wildman–Crippen LogP) is 2.75. The molecule has 3 rings (SSSR count). The van der Waals surface area contributed by atoms with Crippen molar-refractivity contribution in [3.8, 4) is 5.75 Å². The van der Waals surface area contributed by atoms with Gasteiger partial charge in [-0.2, -0.15) is 0 Å². The standard InChI is InChI=1S/C16H14N2O2/c1-20-15-8-3-2-5-12(15)9-16-17-10-13-6-4-7-14(11-19)18(13)16/h2-8,10-11H,9H2,1H3. The van der Waals surface area contributed by atoms with Crippen LogP contribution in [0.4, 0.5) is 0 Å². The molecule has 2 heterocycles. The largest absolute Gasteiger partial charge is 0.496 e. The first-order valence-corrected chi connectivity index (χ1v) is 6.36. The molecule has 0 bridgehead atoms. The number of hydrogen-bond acceptors (Lipinski definition) is 3. The highest BCUT2D eigenvalue weighted by molar-refractivity contribution is 5.74. The number of nitrogens with zero attached hydrogens (tertiary/aromatic N) is 2. The summed E-state index contributed by atoms with van der Waals surface area (Å²) in [5.41, 5.74) is 2.56. The van der Waals surface area contributed by atoms with Crippen molar-refractivity contribution in [3.63, 3.8) is 0 Å². The molecule has 0 unspecified atom stereocenters. The molecule has 0 saturated carbocycles. The Kier molecular flexibility index (Phi) is 3.21. The molecule has 4 heteroatoms. The van der Waals surface area contributed by atoms with Gasteiger partial charge in [0.05, 0.1) is 24.5 Å². The Hall–Kier alpha value is -2.62. The highest BCUT2D eigenvalue weighted by atomic mass is 16.5. The molecule has 100 valence electrons. The van der Waals surface area contributed by atoms with Crippen molar-refractivity contribution >= 4 is 11.8 Å². The summed E-state index contributed by atoms with van der Waals surface area (Å²) in [5, 5.41) is 0. The number of aldehydes is 1. The zero-order valence-corrected chi connectivity index (χ0v) is 11.1. The van der Waals surface area contributed by atoms with E-state index in [-0.39, 0.29) is 0 Å². The second-order valence-electron chi connectivity index (χ2n) is 4.49. The van der Waals surface area contributed by atoms with Crippen molar-refractivity contribution in [3.05, 3.63) is 65.7 Å². The molecule has 1 aromatic carbocycles. The quantitative estimate of drug-likeness (QED) is 0.682. The summed E-state index contributed by atoms with van der Waals surface area (Å²) in [4.78, 5) is 15.6. The van der Waals surface area contributed by atoms with Crippen LogP contribution in [-0.4, -0.2) is 22.8 Å². The Balaban J connectivity index is 2.09. The van der Waals surface area contributed by atoms with Gasteiger partial charge in [0, 0.05) is 12.0 Å². The third-order valence-electron chi connectivity index (χ3n) is 3.32. The molecule has 0 aliphatic carbocycles. The Morgan fingerprint density at radius 2 is 2.05 bits per heavy atom. The Bertz CT molecular complexity index is 762. The molecule has 0 saturated heterocycles. The third kappa shape index (κ3) is 2.05. The maximum absolute atomic E-state index is 11.2. The van der Waals surface area contributed by atoms with E-state index < -0.39 is 0 Å². The van der Waals surface area contributed by atoms with Crippen molar-refractivity contribution in [2.75, 3.05) is 7.11 Å². The van der Waals surface area contributed by atoms with E-state index in [4.69, 9.17) is 4.74 Å². The molecule has 4 nitrogen and oxygen atoms in total. The van der Waals surface area contributed by atoms with Gasteiger partial charge in [-0.1, -0.05) is 24.3 Å². The van der Waals surface area contributed by atoms with E-state index in [9.17, 15) is 4.79 Å². The van der Waals surface area contributed by atoms with Gasteiger partial charge in [-0.25, -0.2) is 4.98 Å². The molecule has 3 aromatic rings. The fourth-order valence-electron chi connectivity index (χ4n) is 2.38. The normalized spacial score (nSPS) is 10.7. The van der Waals surface area contributed by atoms with Gasteiger partial charge in [0.15, 0.2) is 6.29 Å². The number of hydrogen-bond donors (Lipinski definition) is 0. The molecule has 0 aliphatic rings. The average molecular weight is 266 g/mol. The Morgan fingerprint density at radius 3 is 2.85 bits per heavy atom. The summed E-state index contributed by atoms with van der Waals surface area (Å²) in [6.45, 7) is 0. The van der Waals surface area contributed by atoms with Crippen molar-refractivity contribution in [1.29, 1.82) is 0 Å². The van der Waals surface area contributed by atoms with E-state index >= 15 is 0 Å². The number of para-hydroxylation sites is 1. The number of rotatable bonds is 4. The van der Waals surface area contributed by atoms with Gasteiger partial charge in [-0.15, -0.1) is 0 Å². The number of ether oxygens (including phenoxy) is 1. The van der Waals surface area contributed by atoms with E-state index in [1.165, 1.54) is 0 Å². The van der Waals surface area contributed by atoms with Crippen LogP contribution in [0.2, 0.25) is 0 Å². The van der Waals surface area contributed by atoms with Gasteiger partial charge in [0.25, 0.3) is 0 Å². The van der Waals surface area contributed by atoms with Gasteiger partial charge in [-0.05, 0) is 18.2 Å². The molecule has 0 radical (unpaired) electrons. The van der Waals surface area contributed by atoms with Crippen LogP contribution in [0, 0.1) is 0 Å². The third-order valence-corrected chi connectivity index (χ3v) is 3.32. The molecule has 0 amide bonds. The van der Waals surface area contributed by atoms with Gasteiger partial charge >= 0.3 is 0 Å². The number of carbonyl (C=O) groups excluding carboxylic acids is 1. The van der Waals surface area contributed by atoms with Crippen molar-refractivity contribution in [1.82, 2.24) is 9.38 Å². The molecular weight excluding hydrogens is 252 g/mol. The molecule has 0 atom stereocenters. The van der Waals surface area contributed by atoms with E-state index in [1.807, 2.05) is 40.8 Å². The zero-order chi connectivity index (χ0) is 13.9. The summed E-state index contributed by atoms with van der Waals surface area (Å²) in [6.07, 6.45) is 3.24. The first-order chi connectivity index (χ1) is 9.83. The summed E-state index contributed by atoms with van der Waals surface area (Å²) in [5.74, 6) is 1.65. The molecular formula is C16H14N2O2. The van der Waals surface area contributed by atoms with Crippen LogP contribution in [0.1, 0.15) is 21.9 Å². The molecule has 0 aliphatic heterocycles. The number of pyridine rings is 1. The number of imidazole rings is 1. The molecule has 20 heavy (non-hydrogen) atoms. The average Bonchev–Trinajstić information content (AvgIpc) is 2.91. The van der Waals surface area contributed by atoms with Crippen LogP contribution in [0.3, 0.4) is 0 Å². The maximum atomic E-state index is 11.2. The van der Waals surface area contributed by atoms with E-state index in [0.717, 1.165) is 28.9 Å². The topological polar surface area (TPSA) is 43.6 Å². The predicted molar refractivity (Wildman–Crippen MR) is 76.4 cm³/mol. The first kappa shape index (κ1) is 12.4. The van der Waals surface area contributed by atoms with Crippen molar-refractivity contribution in [2.45, 2.75) is 6.42 Å². The van der Waals surface area contributed by atoms with Gasteiger partial charge in [0.1, 0.15) is 11.6 Å². The molecule has 2 aromatic heterocycles. The van der Waals surface area contributed by atoms with Crippen LogP contribution in [0.5, 0.6) is 5.75 Å². The van der Waals surface area contributed by atoms with Crippen molar-refractivity contribution in [2.24, 2.45) is 0 Å². The number of fused-ring (bicyclic) bond motifs is 1. The second-order valence-corrected chi connectivity index (χ2v) is 4.49. The van der Waals surface area contributed by atoms with Crippen LogP contribution in [-0.2, 0) is 6.42 Å². The van der Waals surface area contributed by atoms with Crippen LogP contribution < -0.4 is 4.74 Å². The minimum atomic E-state index is 0.602. The maximum Gasteiger partial charge on any atom is 0.166 e. The summed E-state index contributed by atoms with van der Waals surface area (Å²) < 4.78 is 7.23. The first-order valence-electron chi connectivity index (χ1n) is 6.36. The van der Waals surface area contributed by atoms with Gasteiger partial charge < -0.3 is 4.74 Å². The molecule has 0 fully saturated rings. The van der Waals surface area contributed by atoms with Crippen LogP contribution >= 0.6 is 0 Å².